The van der Waals surface area contributed by atoms with Crippen LogP contribution in [0.15, 0.2) is 17.5 Å². The van der Waals surface area contributed by atoms with E-state index < -0.39 is 11.9 Å². The first-order chi connectivity index (χ1) is 10.5. The molecule has 0 atom stereocenters. The first-order valence-corrected chi connectivity index (χ1v) is 7.75. The number of hydrogen-bond acceptors (Lipinski definition) is 7. The number of pyridine rings is 1. The molecule has 0 aliphatic heterocycles. The zero-order valence-electron chi connectivity index (χ0n) is 11.3. The molecule has 0 radical (unpaired) electrons. The minimum absolute atomic E-state index is 0.0741. The van der Waals surface area contributed by atoms with Crippen molar-refractivity contribution >= 4 is 46.5 Å². The summed E-state index contributed by atoms with van der Waals surface area (Å²) in [6.45, 7) is 1.86. The lowest BCUT2D eigenvalue weighted by Crippen LogP contribution is -2.09. The zero-order valence-corrected chi connectivity index (χ0v) is 13.7. The molecule has 0 amide bonds. The SMILES string of the molecule is CCOC(=O)c1nc(COC(=O)c2nc(Cl)ccc2Cl)cs1. The van der Waals surface area contributed by atoms with E-state index in [1.807, 2.05) is 0 Å². The van der Waals surface area contributed by atoms with Gasteiger partial charge in [-0.2, -0.15) is 0 Å². The summed E-state index contributed by atoms with van der Waals surface area (Å²) in [7, 11) is 0. The van der Waals surface area contributed by atoms with E-state index in [1.54, 1.807) is 12.3 Å². The van der Waals surface area contributed by atoms with E-state index >= 15 is 0 Å². The summed E-state index contributed by atoms with van der Waals surface area (Å²) < 4.78 is 9.87. The van der Waals surface area contributed by atoms with Gasteiger partial charge in [-0.25, -0.2) is 19.6 Å². The van der Waals surface area contributed by atoms with Crippen LogP contribution in [0.2, 0.25) is 10.2 Å². The fourth-order valence-corrected chi connectivity index (χ4v) is 2.45. The maximum Gasteiger partial charge on any atom is 0.367 e. The van der Waals surface area contributed by atoms with Crippen molar-refractivity contribution in [3.8, 4) is 0 Å². The number of ether oxygens (including phenoxy) is 2. The van der Waals surface area contributed by atoms with Crippen LogP contribution in [0.25, 0.3) is 0 Å². The summed E-state index contributed by atoms with van der Waals surface area (Å²) in [5.41, 5.74) is 0.356. The van der Waals surface area contributed by atoms with Crippen molar-refractivity contribution < 1.29 is 19.1 Å². The summed E-state index contributed by atoms with van der Waals surface area (Å²) in [5, 5.41) is 2.08. The fraction of sp³-hybridized carbons (Fsp3) is 0.231. The van der Waals surface area contributed by atoms with E-state index in [-0.39, 0.29) is 34.1 Å². The summed E-state index contributed by atoms with van der Waals surface area (Å²) >= 11 is 12.7. The van der Waals surface area contributed by atoms with Crippen LogP contribution < -0.4 is 0 Å². The summed E-state index contributed by atoms with van der Waals surface area (Å²) in [4.78, 5) is 31.2. The zero-order chi connectivity index (χ0) is 16.1. The molecule has 2 aromatic heterocycles. The number of carbonyl (C=O) groups is 2. The Bertz CT molecular complexity index is 705. The molecule has 0 aliphatic rings. The normalized spacial score (nSPS) is 10.3. The lowest BCUT2D eigenvalue weighted by atomic mass is 10.3. The van der Waals surface area contributed by atoms with Gasteiger partial charge in [0.1, 0.15) is 11.8 Å². The smallest absolute Gasteiger partial charge is 0.367 e. The quantitative estimate of drug-likeness (QED) is 0.600. The van der Waals surface area contributed by atoms with Gasteiger partial charge in [0.25, 0.3) is 0 Å². The molecule has 0 spiro atoms. The Kier molecular flexibility index (Phi) is 5.70. The minimum Gasteiger partial charge on any atom is -0.461 e. The Morgan fingerprint density at radius 2 is 1.95 bits per heavy atom. The van der Waals surface area contributed by atoms with Gasteiger partial charge >= 0.3 is 11.9 Å². The van der Waals surface area contributed by atoms with E-state index in [1.165, 1.54) is 12.1 Å². The predicted octanol–water partition coefficient (Wildman–Crippen LogP) is 3.38. The maximum atomic E-state index is 11.9. The van der Waals surface area contributed by atoms with E-state index in [0.29, 0.717) is 5.69 Å². The molecule has 0 aliphatic carbocycles. The Morgan fingerprint density at radius 3 is 2.68 bits per heavy atom. The number of hydrogen-bond donors (Lipinski definition) is 0. The van der Waals surface area contributed by atoms with Crippen molar-refractivity contribution in [3.63, 3.8) is 0 Å². The maximum absolute atomic E-state index is 11.9. The van der Waals surface area contributed by atoms with Crippen LogP contribution in [-0.2, 0) is 16.1 Å². The monoisotopic (exact) mass is 360 g/mol. The molecule has 0 N–H and O–H groups in total. The molecule has 6 nitrogen and oxygen atoms in total. The van der Waals surface area contributed by atoms with Crippen molar-refractivity contribution in [2.75, 3.05) is 6.61 Å². The topological polar surface area (TPSA) is 78.4 Å². The van der Waals surface area contributed by atoms with E-state index in [0.717, 1.165) is 11.3 Å². The molecule has 0 saturated heterocycles. The van der Waals surface area contributed by atoms with Gasteiger partial charge < -0.3 is 9.47 Å². The molecule has 0 aromatic carbocycles. The highest BCUT2D eigenvalue weighted by Gasteiger charge is 2.17. The van der Waals surface area contributed by atoms with Crippen molar-refractivity contribution in [3.05, 3.63) is 44.1 Å². The van der Waals surface area contributed by atoms with Crippen LogP contribution in [0, 0.1) is 0 Å². The molecule has 2 aromatic rings. The molecule has 2 rings (SSSR count). The van der Waals surface area contributed by atoms with Gasteiger partial charge in [0.15, 0.2) is 5.69 Å². The lowest BCUT2D eigenvalue weighted by molar-refractivity contribution is 0.0461. The Balaban J connectivity index is 1.99. The lowest BCUT2D eigenvalue weighted by Gasteiger charge is -2.04. The molecular formula is C13H10Cl2N2O4S. The number of halogens is 2. The first-order valence-electron chi connectivity index (χ1n) is 6.12. The average molecular weight is 361 g/mol. The number of thiazole rings is 1. The highest BCUT2D eigenvalue weighted by Crippen LogP contribution is 2.18. The Labute approximate surface area is 140 Å². The molecule has 0 fully saturated rings. The predicted molar refractivity (Wildman–Crippen MR) is 81.4 cm³/mol. The highest BCUT2D eigenvalue weighted by atomic mass is 35.5. The number of esters is 2. The van der Waals surface area contributed by atoms with Gasteiger partial charge in [-0.05, 0) is 19.1 Å². The second kappa shape index (κ2) is 7.53. The standard InChI is InChI=1S/C13H10Cl2N2O4S/c1-2-20-13(19)11-16-7(6-22-11)5-21-12(18)10-8(14)3-4-9(15)17-10/h3-4,6H,2,5H2,1H3. The molecule has 2 heterocycles. The van der Waals surface area contributed by atoms with Crippen LogP contribution >= 0.6 is 34.5 Å². The third-order valence-electron chi connectivity index (χ3n) is 2.36. The fourth-order valence-electron chi connectivity index (χ4n) is 1.43. The largest absolute Gasteiger partial charge is 0.461 e. The van der Waals surface area contributed by atoms with E-state index in [2.05, 4.69) is 9.97 Å². The van der Waals surface area contributed by atoms with Crippen LogP contribution in [0.4, 0.5) is 0 Å². The molecule has 116 valence electrons. The molecule has 22 heavy (non-hydrogen) atoms. The van der Waals surface area contributed by atoms with Gasteiger partial charge in [0.05, 0.1) is 17.3 Å². The Hall–Kier alpha value is -1.70. The summed E-state index contributed by atoms with van der Waals surface area (Å²) in [6, 6.07) is 2.92. The molecule has 9 heteroatoms. The molecule has 0 bridgehead atoms. The molecule has 0 saturated carbocycles. The van der Waals surface area contributed by atoms with Gasteiger partial charge in [-0.3, -0.25) is 0 Å². The number of carbonyl (C=O) groups excluding carboxylic acids is 2. The van der Waals surface area contributed by atoms with Gasteiger partial charge in [0.2, 0.25) is 5.01 Å². The van der Waals surface area contributed by atoms with Crippen molar-refractivity contribution in [2.24, 2.45) is 0 Å². The number of rotatable bonds is 5. The third-order valence-corrected chi connectivity index (χ3v) is 3.74. The average Bonchev–Trinajstić information content (AvgIpc) is 2.96. The molecular weight excluding hydrogens is 351 g/mol. The Morgan fingerprint density at radius 1 is 1.18 bits per heavy atom. The van der Waals surface area contributed by atoms with Crippen molar-refractivity contribution in [1.82, 2.24) is 9.97 Å². The number of nitrogens with zero attached hydrogens (tertiary/aromatic N) is 2. The van der Waals surface area contributed by atoms with Gasteiger partial charge in [0, 0.05) is 5.38 Å². The van der Waals surface area contributed by atoms with E-state index in [4.69, 9.17) is 32.7 Å². The molecule has 0 unspecified atom stereocenters. The van der Waals surface area contributed by atoms with Crippen LogP contribution in [0.5, 0.6) is 0 Å². The van der Waals surface area contributed by atoms with Crippen molar-refractivity contribution in [2.45, 2.75) is 13.5 Å². The summed E-state index contributed by atoms with van der Waals surface area (Å²) in [5.74, 6) is -1.23. The summed E-state index contributed by atoms with van der Waals surface area (Å²) in [6.07, 6.45) is 0. The van der Waals surface area contributed by atoms with Crippen LogP contribution in [0.3, 0.4) is 0 Å². The second-order valence-electron chi connectivity index (χ2n) is 3.91. The van der Waals surface area contributed by atoms with Gasteiger partial charge in [-0.1, -0.05) is 23.2 Å². The minimum atomic E-state index is -0.724. The highest BCUT2D eigenvalue weighted by molar-refractivity contribution is 7.11. The van der Waals surface area contributed by atoms with E-state index in [9.17, 15) is 9.59 Å². The third kappa shape index (κ3) is 4.16. The van der Waals surface area contributed by atoms with Crippen LogP contribution in [-0.4, -0.2) is 28.5 Å². The first kappa shape index (κ1) is 16.7. The van der Waals surface area contributed by atoms with Crippen molar-refractivity contribution in [1.29, 1.82) is 0 Å². The van der Waals surface area contributed by atoms with Crippen LogP contribution in [0.1, 0.15) is 32.9 Å². The van der Waals surface area contributed by atoms with Gasteiger partial charge in [-0.15, -0.1) is 11.3 Å². The number of aromatic nitrogens is 2. The second-order valence-corrected chi connectivity index (χ2v) is 5.56.